The van der Waals surface area contributed by atoms with Gasteiger partial charge in [-0.25, -0.2) is 9.59 Å². The Kier molecular flexibility index (Phi) is 12.3. The summed E-state index contributed by atoms with van der Waals surface area (Å²) < 4.78 is 24.2. The van der Waals surface area contributed by atoms with Crippen molar-refractivity contribution in [2.45, 2.75) is 120 Å². The number of benzene rings is 1. The summed E-state index contributed by atoms with van der Waals surface area (Å²) in [4.78, 5) is 63.1. The molecule has 3 N–H and O–H groups in total. The molecule has 3 amide bonds. The third-order valence-electron chi connectivity index (χ3n) is 13.6. The Hall–Kier alpha value is -4.14. The second kappa shape index (κ2) is 17.5. The van der Waals surface area contributed by atoms with E-state index in [4.69, 9.17) is 35.5 Å². The van der Waals surface area contributed by atoms with Crippen LogP contribution in [0.4, 0.5) is 4.79 Å². The molecule has 2 aliphatic heterocycles. The number of nitrogens with zero attached hydrogens (tertiary/aromatic N) is 3. The van der Waals surface area contributed by atoms with Gasteiger partial charge in [0.05, 0.1) is 25.3 Å². The smallest absolute Gasteiger partial charge is 0.408 e. The molecule has 6 aliphatic rings. The van der Waals surface area contributed by atoms with Gasteiger partial charge >= 0.3 is 12.1 Å². The molecule has 2 saturated heterocycles. The van der Waals surface area contributed by atoms with Crippen LogP contribution < -0.4 is 20.1 Å². The molecular formula is C44H58ClN5O9. The van der Waals surface area contributed by atoms with Crippen LogP contribution in [0.5, 0.6) is 11.5 Å². The zero-order valence-electron chi connectivity index (χ0n) is 34.2. The highest BCUT2D eigenvalue weighted by Gasteiger charge is 2.61. The lowest BCUT2D eigenvalue weighted by Gasteiger charge is -2.29. The number of hydrogen-bond acceptors (Lipinski definition) is 10. The van der Waals surface area contributed by atoms with Crippen LogP contribution in [0.15, 0.2) is 30.4 Å². The molecule has 3 heterocycles. The van der Waals surface area contributed by atoms with Crippen molar-refractivity contribution in [3.63, 3.8) is 0 Å². The van der Waals surface area contributed by atoms with Gasteiger partial charge in [-0.05, 0) is 80.9 Å². The number of carboxylic acid groups (broad SMARTS) is 1. The van der Waals surface area contributed by atoms with Gasteiger partial charge in [-0.2, -0.15) is 0 Å². The number of pyridine rings is 1. The average molecular weight is 836 g/mol. The molecule has 0 spiro atoms. The SMILES string of the molecule is C=C(C)[C@H](NC(=O)OC1C[C@@H]2C[C@@H]2C1)C(=O)N1C[C@H](Oc2cc(C3CCCCC3)nc3c(Cl)c(OCCN4CCOCC4)ccc23)C[C@H]1C(=O)N[C@]1(C(=O)O)C[C@H]1CC. The highest BCUT2D eigenvalue weighted by Crippen LogP contribution is 2.52. The molecular weight excluding hydrogens is 778 g/mol. The third kappa shape index (κ3) is 9.00. The first-order chi connectivity index (χ1) is 28.4. The van der Waals surface area contributed by atoms with E-state index in [0.717, 1.165) is 63.9 Å². The van der Waals surface area contributed by atoms with Gasteiger partial charge in [0, 0.05) is 49.1 Å². The first-order valence-electron chi connectivity index (χ1n) is 21.6. The molecule has 4 aliphatic carbocycles. The maximum atomic E-state index is 14.5. The van der Waals surface area contributed by atoms with Crippen molar-refractivity contribution in [3.8, 4) is 11.5 Å². The largest absolute Gasteiger partial charge is 0.491 e. The number of amides is 3. The van der Waals surface area contributed by atoms with Crippen molar-refractivity contribution in [1.29, 1.82) is 0 Å². The van der Waals surface area contributed by atoms with Gasteiger partial charge in [-0.3, -0.25) is 19.5 Å². The van der Waals surface area contributed by atoms with Gasteiger partial charge < -0.3 is 39.6 Å². The van der Waals surface area contributed by atoms with Crippen molar-refractivity contribution in [2.75, 3.05) is 46.0 Å². The number of halogens is 1. The van der Waals surface area contributed by atoms with Crippen LogP contribution in [0.1, 0.15) is 96.1 Å². The lowest BCUT2D eigenvalue weighted by Crippen LogP contribution is -2.56. The number of ether oxygens (including phenoxy) is 4. The second-order valence-corrected chi connectivity index (χ2v) is 18.1. The van der Waals surface area contributed by atoms with E-state index >= 15 is 0 Å². The Morgan fingerprint density at radius 2 is 1.80 bits per heavy atom. The van der Waals surface area contributed by atoms with Crippen LogP contribution in [-0.2, 0) is 23.9 Å². The lowest BCUT2D eigenvalue weighted by molar-refractivity contribution is -0.145. The first-order valence-corrected chi connectivity index (χ1v) is 22.0. The van der Waals surface area contributed by atoms with E-state index < -0.39 is 47.6 Å². The molecule has 1 aromatic heterocycles. The molecule has 8 atom stereocenters. The number of carboxylic acids is 1. The molecule has 1 aromatic carbocycles. The standard InChI is InChI=1S/C44H58ClN5O9/c1-4-29-23-44(29,42(53)54)48-40(51)34-21-31(24-50(34)41(52)38(25(2)3)47-43(55)59-30-19-27-18-28(27)20-30)58-36-22-33(26-8-6-5-7-9-26)46-39-32(36)10-11-35(37(39)45)57-17-14-49-12-15-56-16-13-49/h10-11,22,26-31,34,38H,2,4-9,12-21,23-24H2,1,3H3,(H,47,55)(H,48,51)(H,53,54)/t27-,28+,29-,30?,31-,34+,38+,44-/m1/s1. The summed E-state index contributed by atoms with van der Waals surface area (Å²) in [5.41, 5.74) is 0.398. The summed E-state index contributed by atoms with van der Waals surface area (Å²) in [6.45, 7) is 11.8. The summed E-state index contributed by atoms with van der Waals surface area (Å²) in [7, 11) is 0. The summed E-state index contributed by atoms with van der Waals surface area (Å²) >= 11 is 7.09. The molecule has 0 radical (unpaired) electrons. The maximum Gasteiger partial charge on any atom is 0.408 e. The topological polar surface area (TPSA) is 169 Å². The zero-order chi connectivity index (χ0) is 41.4. The summed E-state index contributed by atoms with van der Waals surface area (Å²) in [6.07, 6.45) is 7.56. The minimum atomic E-state index is -1.40. The van der Waals surface area contributed by atoms with Gasteiger partial charge in [-0.15, -0.1) is 0 Å². The second-order valence-electron chi connectivity index (χ2n) is 17.7. The fourth-order valence-corrected chi connectivity index (χ4v) is 10.2. The highest BCUT2D eigenvalue weighted by atomic mass is 35.5. The van der Waals surface area contributed by atoms with E-state index in [2.05, 4.69) is 22.1 Å². The van der Waals surface area contributed by atoms with Crippen LogP contribution in [0, 0.1) is 17.8 Å². The first kappa shape index (κ1) is 41.6. The summed E-state index contributed by atoms with van der Waals surface area (Å²) in [5.74, 6) is 0.0250. The van der Waals surface area contributed by atoms with E-state index in [1.54, 1.807) is 6.92 Å². The third-order valence-corrected chi connectivity index (χ3v) is 14.0. The Morgan fingerprint density at radius 3 is 2.47 bits per heavy atom. The van der Waals surface area contributed by atoms with Crippen molar-refractivity contribution in [2.24, 2.45) is 17.8 Å². The van der Waals surface area contributed by atoms with Crippen LogP contribution in [0.25, 0.3) is 10.9 Å². The maximum absolute atomic E-state index is 14.5. The van der Waals surface area contributed by atoms with E-state index in [0.29, 0.717) is 77.5 Å². The fourth-order valence-electron chi connectivity index (χ4n) is 9.92. The number of alkyl carbamates (subject to hydrolysis) is 1. The van der Waals surface area contributed by atoms with Crippen molar-refractivity contribution in [3.05, 3.63) is 41.1 Å². The quantitative estimate of drug-likeness (QED) is 0.185. The van der Waals surface area contributed by atoms with Crippen molar-refractivity contribution < 1.29 is 43.2 Å². The molecule has 59 heavy (non-hydrogen) atoms. The number of hydrogen-bond donors (Lipinski definition) is 3. The van der Waals surface area contributed by atoms with E-state index in [9.17, 15) is 24.3 Å². The van der Waals surface area contributed by atoms with E-state index in [1.807, 2.05) is 25.1 Å². The van der Waals surface area contributed by atoms with Gasteiger partial charge in [0.2, 0.25) is 11.8 Å². The zero-order valence-corrected chi connectivity index (χ0v) is 35.0. The van der Waals surface area contributed by atoms with Crippen LogP contribution in [-0.4, -0.2) is 120 Å². The van der Waals surface area contributed by atoms with Crippen LogP contribution in [0.2, 0.25) is 5.02 Å². The number of rotatable bonds is 15. The molecule has 0 bridgehead atoms. The molecule has 320 valence electrons. The fraction of sp³-hybridized carbons (Fsp3) is 0.659. The molecule has 15 heteroatoms. The number of morpholine rings is 1. The summed E-state index contributed by atoms with van der Waals surface area (Å²) in [6, 6.07) is 3.41. The van der Waals surface area contributed by atoms with E-state index in [1.165, 1.54) is 17.7 Å². The molecule has 2 aromatic rings. The monoisotopic (exact) mass is 835 g/mol. The molecule has 8 rings (SSSR count). The molecule has 6 fully saturated rings. The molecule has 1 unspecified atom stereocenters. The van der Waals surface area contributed by atoms with Gasteiger partial charge in [0.25, 0.3) is 0 Å². The Bertz CT molecular complexity index is 1940. The Labute approximate surface area is 350 Å². The predicted octanol–water partition coefficient (Wildman–Crippen LogP) is 5.83. The van der Waals surface area contributed by atoms with E-state index in [-0.39, 0.29) is 30.9 Å². The number of likely N-dealkylation sites (tertiary alicyclic amines) is 1. The lowest BCUT2D eigenvalue weighted by atomic mass is 9.86. The normalized spacial score (nSPS) is 29.6. The number of aromatic nitrogens is 1. The average Bonchev–Trinajstić information content (AvgIpc) is 4.04. The molecule has 4 saturated carbocycles. The number of fused-ring (bicyclic) bond motifs is 2. The number of aliphatic carboxylic acids is 1. The van der Waals surface area contributed by atoms with Crippen LogP contribution in [0.3, 0.4) is 0 Å². The van der Waals surface area contributed by atoms with Gasteiger partial charge in [0.15, 0.2) is 0 Å². The highest BCUT2D eigenvalue weighted by molar-refractivity contribution is 6.36. The Balaban J connectivity index is 1.05. The predicted molar refractivity (Wildman–Crippen MR) is 220 cm³/mol. The minimum absolute atomic E-state index is 0.000263. The molecule has 14 nitrogen and oxygen atoms in total. The van der Waals surface area contributed by atoms with Gasteiger partial charge in [-0.1, -0.05) is 50.8 Å². The van der Waals surface area contributed by atoms with Crippen molar-refractivity contribution >= 4 is 46.4 Å². The minimum Gasteiger partial charge on any atom is -0.491 e. The van der Waals surface area contributed by atoms with Crippen molar-refractivity contribution in [1.82, 2.24) is 25.4 Å². The number of carbonyl (C=O) groups excluding carboxylic acids is 3. The van der Waals surface area contributed by atoms with Gasteiger partial charge in [0.1, 0.15) is 53.0 Å². The number of carbonyl (C=O) groups is 4. The summed E-state index contributed by atoms with van der Waals surface area (Å²) in [5, 5.41) is 16.8. The Morgan fingerprint density at radius 1 is 1.05 bits per heavy atom. The number of nitrogens with one attached hydrogen (secondary N) is 2. The van der Waals surface area contributed by atoms with Crippen LogP contribution >= 0.6 is 11.6 Å².